The van der Waals surface area contributed by atoms with Crippen molar-refractivity contribution in [3.63, 3.8) is 0 Å². The summed E-state index contributed by atoms with van der Waals surface area (Å²) >= 11 is 0. The van der Waals surface area contributed by atoms with Crippen LogP contribution >= 0.6 is 0 Å². The molecular formula is C5H11OSi2. The summed E-state index contributed by atoms with van der Waals surface area (Å²) in [6.07, 6.45) is 0. The third-order valence-electron chi connectivity index (χ3n) is 0.716. The summed E-state index contributed by atoms with van der Waals surface area (Å²) in [5.74, 6) is 0. The quantitative estimate of drug-likeness (QED) is 0.523. The Morgan fingerprint density at radius 2 is 2.25 bits per heavy atom. The number of hydrogen-bond donors (Lipinski definition) is 0. The van der Waals surface area contributed by atoms with Crippen molar-refractivity contribution in [2.24, 2.45) is 0 Å². The molecule has 3 heteroatoms. The summed E-state index contributed by atoms with van der Waals surface area (Å²) in [4.78, 5) is 0. The smallest absolute Gasteiger partial charge is 0.223 e. The highest BCUT2D eigenvalue weighted by molar-refractivity contribution is 6.62. The molecule has 0 aliphatic heterocycles. The van der Waals surface area contributed by atoms with Gasteiger partial charge in [-0.3, -0.25) is 0 Å². The average molecular weight is 143 g/mol. The number of hydrogen-bond acceptors (Lipinski definition) is 1. The largest absolute Gasteiger partial charge is 0.454 e. The van der Waals surface area contributed by atoms with E-state index in [1.54, 1.807) is 0 Å². The van der Waals surface area contributed by atoms with Gasteiger partial charge < -0.3 is 4.12 Å². The van der Waals surface area contributed by atoms with Crippen molar-refractivity contribution in [3.8, 4) is 0 Å². The molecule has 1 nitrogen and oxygen atoms in total. The lowest BCUT2D eigenvalue weighted by molar-refractivity contribution is 0.640. The second-order valence-corrected chi connectivity index (χ2v) is 5.11. The molecular weight excluding hydrogens is 132 g/mol. The van der Waals surface area contributed by atoms with Gasteiger partial charge in [-0.25, -0.2) is 0 Å². The molecule has 0 aliphatic rings. The van der Waals surface area contributed by atoms with E-state index in [4.69, 9.17) is 4.12 Å². The molecule has 0 heterocycles. The van der Waals surface area contributed by atoms with Gasteiger partial charge in [-0.05, 0) is 6.55 Å². The molecule has 0 aromatic rings. The van der Waals surface area contributed by atoms with Crippen LogP contribution in [0.4, 0.5) is 0 Å². The van der Waals surface area contributed by atoms with Crippen LogP contribution in [0.15, 0.2) is 24.6 Å². The summed E-state index contributed by atoms with van der Waals surface area (Å²) in [6.45, 7) is 9.28. The average Bonchev–Trinajstić information content (AvgIpc) is 1.83. The lowest BCUT2D eigenvalue weighted by Crippen LogP contribution is -2.11. The highest BCUT2D eigenvalue weighted by atomic mass is 28.3. The van der Waals surface area contributed by atoms with Crippen LogP contribution in [0.2, 0.25) is 6.55 Å². The van der Waals surface area contributed by atoms with Crippen LogP contribution in [-0.2, 0) is 4.12 Å². The van der Waals surface area contributed by atoms with Crippen molar-refractivity contribution in [1.82, 2.24) is 0 Å². The van der Waals surface area contributed by atoms with Gasteiger partial charge in [0, 0.05) is 0 Å². The molecule has 0 amide bonds. The maximum atomic E-state index is 5.34. The first-order valence-corrected chi connectivity index (χ1v) is 5.89. The van der Waals surface area contributed by atoms with E-state index in [-0.39, 0.29) is 0 Å². The molecule has 0 rings (SSSR count). The van der Waals surface area contributed by atoms with Crippen LogP contribution in [0.1, 0.15) is 0 Å². The lowest BCUT2D eigenvalue weighted by Gasteiger charge is -2.00. The molecule has 45 valence electrons. The summed E-state index contributed by atoms with van der Waals surface area (Å²) in [7, 11) is -1.04. The summed E-state index contributed by atoms with van der Waals surface area (Å²) < 4.78 is 5.34. The third-order valence-corrected chi connectivity index (χ3v) is 4.01. The summed E-state index contributed by atoms with van der Waals surface area (Å²) in [5, 5.41) is 0. The maximum absolute atomic E-state index is 5.34. The van der Waals surface area contributed by atoms with Gasteiger partial charge in [0.2, 0.25) is 9.04 Å². The Morgan fingerprint density at radius 1 is 1.62 bits per heavy atom. The highest BCUT2D eigenvalue weighted by Crippen LogP contribution is 1.82. The first-order valence-electron chi connectivity index (χ1n) is 2.51. The van der Waals surface area contributed by atoms with Crippen LogP contribution in [0.5, 0.6) is 0 Å². The lowest BCUT2D eigenvalue weighted by atomic mass is 11.3. The van der Waals surface area contributed by atoms with Gasteiger partial charge >= 0.3 is 0 Å². The fourth-order valence-electron chi connectivity index (χ4n) is 0.249. The maximum Gasteiger partial charge on any atom is 0.223 e. The molecule has 0 atom stereocenters. The fraction of sp³-hybridized carbons (Fsp3) is 0.200. The van der Waals surface area contributed by atoms with Gasteiger partial charge in [-0.2, -0.15) is 0 Å². The molecule has 0 saturated heterocycles. The zero-order valence-electron chi connectivity index (χ0n) is 5.18. The van der Waals surface area contributed by atoms with Gasteiger partial charge in [0.05, 0.1) is 0 Å². The van der Waals surface area contributed by atoms with E-state index in [9.17, 15) is 0 Å². The van der Waals surface area contributed by atoms with Crippen molar-refractivity contribution < 1.29 is 4.12 Å². The van der Waals surface area contributed by atoms with E-state index < -0.39 is 18.8 Å². The molecule has 0 N–H and O–H groups in total. The van der Waals surface area contributed by atoms with Crippen LogP contribution < -0.4 is 0 Å². The zero-order valence-corrected chi connectivity index (χ0v) is 7.60. The van der Waals surface area contributed by atoms with Crippen molar-refractivity contribution in [2.45, 2.75) is 6.55 Å². The molecule has 0 aromatic carbocycles. The first-order chi connectivity index (χ1) is 3.81. The Hall–Kier alpha value is -0.126. The minimum absolute atomic E-state index is 0.399. The Labute approximate surface area is 54.7 Å². The Bertz CT molecular complexity index is 82.5. The zero-order chi connectivity index (χ0) is 6.41. The van der Waals surface area contributed by atoms with Crippen LogP contribution in [-0.4, -0.2) is 18.8 Å². The minimum Gasteiger partial charge on any atom is -0.454 e. The molecule has 0 aliphatic carbocycles. The highest BCUT2D eigenvalue weighted by Gasteiger charge is 1.94. The molecule has 0 aromatic heterocycles. The fourth-order valence-corrected chi connectivity index (χ4v) is 2.24. The van der Waals surface area contributed by atoms with Gasteiger partial charge in [0.1, 0.15) is 0 Å². The molecule has 0 saturated carbocycles. The van der Waals surface area contributed by atoms with Gasteiger partial charge in [-0.1, -0.05) is 11.4 Å². The van der Waals surface area contributed by atoms with Crippen molar-refractivity contribution in [1.29, 1.82) is 0 Å². The number of rotatable bonds is 4. The Balaban J connectivity index is 3.09. The van der Waals surface area contributed by atoms with Crippen molar-refractivity contribution in [2.75, 3.05) is 0 Å². The van der Waals surface area contributed by atoms with Crippen LogP contribution in [0.3, 0.4) is 0 Å². The summed E-state index contributed by atoms with van der Waals surface area (Å²) in [5.41, 5.74) is 3.78. The predicted molar refractivity (Wildman–Crippen MR) is 41.6 cm³/mol. The van der Waals surface area contributed by atoms with E-state index >= 15 is 0 Å². The first kappa shape index (κ1) is 7.87. The molecule has 1 radical (unpaired) electrons. The second-order valence-electron chi connectivity index (χ2n) is 1.41. The van der Waals surface area contributed by atoms with Crippen molar-refractivity contribution >= 4 is 18.8 Å². The monoisotopic (exact) mass is 143 g/mol. The summed E-state index contributed by atoms with van der Waals surface area (Å²) in [6, 6.07) is 0. The topological polar surface area (TPSA) is 9.23 Å². The Kier molecular flexibility index (Phi) is 4.94. The van der Waals surface area contributed by atoms with E-state index in [0.717, 1.165) is 0 Å². The minimum atomic E-state index is -0.637. The van der Waals surface area contributed by atoms with Crippen LogP contribution in [0, 0.1) is 0 Å². The van der Waals surface area contributed by atoms with Crippen LogP contribution in [0.25, 0.3) is 0 Å². The standard InChI is InChI=1S/C5H11OSi2/c1-4-7-6-8(3)5-2/h4-5H,1-2,7H2,3H3. The molecule has 0 fully saturated rings. The molecule has 0 bridgehead atoms. The predicted octanol–water partition coefficient (Wildman–Crippen LogP) is 0.577. The Morgan fingerprint density at radius 3 is 2.62 bits per heavy atom. The van der Waals surface area contributed by atoms with E-state index in [0.29, 0.717) is 0 Å². The van der Waals surface area contributed by atoms with E-state index in [1.807, 2.05) is 11.4 Å². The van der Waals surface area contributed by atoms with Gasteiger partial charge in [0.15, 0.2) is 9.76 Å². The molecule has 0 unspecified atom stereocenters. The van der Waals surface area contributed by atoms with Gasteiger partial charge in [0.25, 0.3) is 0 Å². The SMILES string of the molecule is C=C[SiH2]O[Si](C)C=C. The van der Waals surface area contributed by atoms with Crippen molar-refractivity contribution in [3.05, 3.63) is 24.6 Å². The van der Waals surface area contributed by atoms with E-state index in [2.05, 4.69) is 19.7 Å². The molecule has 0 spiro atoms. The second kappa shape index (κ2) is 5.02. The van der Waals surface area contributed by atoms with E-state index in [1.165, 1.54) is 0 Å². The normalized spacial score (nSPS) is 10.8. The van der Waals surface area contributed by atoms with Gasteiger partial charge in [-0.15, -0.1) is 13.2 Å². The molecule has 8 heavy (non-hydrogen) atoms. The third kappa shape index (κ3) is 4.04.